The minimum atomic E-state index is 0.444. The number of rotatable bonds is 2. The summed E-state index contributed by atoms with van der Waals surface area (Å²) in [5.74, 6) is 0. The van der Waals surface area contributed by atoms with Gasteiger partial charge in [0.1, 0.15) is 0 Å². The molecule has 50 valence electrons. The van der Waals surface area contributed by atoms with Crippen LogP contribution in [0, 0.1) is 0 Å². The van der Waals surface area contributed by atoms with Crippen LogP contribution in [0.5, 0.6) is 0 Å². The van der Waals surface area contributed by atoms with Crippen molar-refractivity contribution in [3.05, 3.63) is 12.7 Å². The first-order valence-electron chi connectivity index (χ1n) is 2.66. The summed E-state index contributed by atoms with van der Waals surface area (Å²) in [6, 6.07) is 0. The third-order valence-corrected chi connectivity index (χ3v) is 0.295. The van der Waals surface area contributed by atoms with Crippen molar-refractivity contribution >= 4 is 0 Å². The van der Waals surface area contributed by atoms with Gasteiger partial charge < -0.3 is 0 Å². The van der Waals surface area contributed by atoms with Gasteiger partial charge in [-0.2, -0.15) is 0 Å². The van der Waals surface area contributed by atoms with Crippen molar-refractivity contribution < 1.29 is 10.1 Å². The van der Waals surface area contributed by atoms with Crippen LogP contribution >= 0.6 is 0 Å². The Morgan fingerprint density at radius 1 is 1.75 bits per heavy atom. The van der Waals surface area contributed by atoms with Gasteiger partial charge in [-0.3, -0.25) is 5.26 Å². The lowest BCUT2D eigenvalue weighted by molar-refractivity contribution is -0.241. The zero-order valence-electron chi connectivity index (χ0n) is 5.55. The molecule has 2 heteroatoms. The molecule has 0 aliphatic carbocycles. The van der Waals surface area contributed by atoms with Crippen LogP contribution in [-0.4, -0.2) is 11.9 Å². The van der Waals surface area contributed by atoms with E-state index in [2.05, 4.69) is 11.5 Å². The van der Waals surface area contributed by atoms with E-state index in [4.69, 9.17) is 5.26 Å². The van der Waals surface area contributed by atoms with Gasteiger partial charge in [0.05, 0.1) is 6.61 Å². The predicted octanol–water partition coefficient (Wildman–Crippen LogP) is 2.08. The molecule has 0 saturated heterocycles. The Morgan fingerprint density at radius 2 is 2.12 bits per heavy atom. The Kier molecular flexibility index (Phi) is 21.1. The maximum Gasteiger partial charge on any atom is 0.0817 e. The Balaban J connectivity index is 0. The molecule has 8 heavy (non-hydrogen) atoms. The van der Waals surface area contributed by atoms with Crippen LogP contribution < -0.4 is 0 Å². The summed E-state index contributed by atoms with van der Waals surface area (Å²) < 4.78 is 0. The maximum atomic E-state index is 7.57. The van der Waals surface area contributed by atoms with Gasteiger partial charge in [-0.25, -0.2) is 4.89 Å². The molecular formula is C6H14O2. The molecule has 1 N–H and O–H groups in total. The van der Waals surface area contributed by atoms with Crippen molar-refractivity contribution in [2.24, 2.45) is 0 Å². The van der Waals surface area contributed by atoms with Gasteiger partial charge in [0, 0.05) is 0 Å². The molecule has 0 radical (unpaired) electrons. The van der Waals surface area contributed by atoms with E-state index in [1.54, 1.807) is 6.08 Å². The molecule has 0 bridgehead atoms. The summed E-state index contributed by atoms with van der Waals surface area (Å²) >= 11 is 0. The van der Waals surface area contributed by atoms with Crippen LogP contribution in [-0.2, 0) is 4.89 Å². The first-order chi connectivity index (χ1) is 3.83. The monoisotopic (exact) mass is 118 g/mol. The van der Waals surface area contributed by atoms with Crippen LogP contribution in [0.3, 0.4) is 0 Å². The molecule has 0 saturated carbocycles. The third kappa shape index (κ3) is 44.6. The molecule has 0 aliphatic heterocycles. The van der Waals surface area contributed by atoms with Crippen LogP contribution in [0.1, 0.15) is 20.3 Å². The fraction of sp³-hybridized carbons (Fsp3) is 0.667. The van der Waals surface area contributed by atoms with Gasteiger partial charge in [0.15, 0.2) is 0 Å². The maximum absolute atomic E-state index is 7.57. The molecule has 0 aromatic heterocycles. The van der Waals surface area contributed by atoms with Crippen LogP contribution in [0.2, 0.25) is 0 Å². The van der Waals surface area contributed by atoms with E-state index in [1.807, 2.05) is 13.8 Å². The lowest BCUT2D eigenvalue weighted by atomic mass is 10.5. The van der Waals surface area contributed by atoms with E-state index in [0.717, 1.165) is 6.42 Å². The summed E-state index contributed by atoms with van der Waals surface area (Å²) in [5, 5.41) is 7.57. The third-order valence-electron chi connectivity index (χ3n) is 0.295. The minimum Gasteiger partial charge on any atom is -0.252 e. The Hall–Kier alpha value is -0.340. The normalized spacial score (nSPS) is 6.88. The van der Waals surface area contributed by atoms with Crippen molar-refractivity contribution in [3.63, 3.8) is 0 Å². The second-order valence-corrected chi connectivity index (χ2v) is 1.24. The molecule has 0 aromatic carbocycles. The molecule has 0 unspecified atom stereocenters. The van der Waals surface area contributed by atoms with E-state index in [0.29, 0.717) is 6.61 Å². The average molecular weight is 118 g/mol. The molecule has 0 aliphatic rings. The van der Waals surface area contributed by atoms with E-state index in [1.165, 1.54) is 0 Å². The van der Waals surface area contributed by atoms with Crippen molar-refractivity contribution in [1.82, 2.24) is 0 Å². The lowest BCUT2D eigenvalue weighted by Gasteiger charge is -1.81. The van der Waals surface area contributed by atoms with Gasteiger partial charge in [-0.05, 0) is 13.3 Å². The largest absolute Gasteiger partial charge is 0.252 e. The number of allylic oxidation sites excluding steroid dienone is 1. The highest BCUT2D eigenvalue weighted by molar-refractivity contribution is 4.51. The Bertz CT molecular complexity index is 33.5. The summed E-state index contributed by atoms with van der Waals surface area (Å²) in [7, 11) is 0. The van der Waals surface area contributed by atoms with Gasteiger partial charge in [0.2, 0.25) is 0 Å². The standard InChI is InChI=1S/C3H8O2.C3H6/c1-2-3-5-4;1-3-2/h4H,2-3H2,1H3;3H,1H2,2H3. The van der Waals surface area contributed by atoms with Gasteiger partial charge in [0.25, 0.3) is 0 Å². The first kappa shape index (κ1) is 10.6. The molecule has 0 amide bonds. The number of hydrogen-bond donors (Lipinski definition) is 1. The fourth-order valence-corrected chi connectivity index (χ4v) is 0.0913. The Morgan fingerprint density at radius 3 is 2.12 bits per heavy atom. The molecule has 0 spiro atoms. The molecule has 0 fully saturated rings. The van der Waals surface area contributed by atoms with E-state index >= 15 is 0 Å². The average Bonchev–Trinajstić information content (AvgIpc) is 1.71. The molecule has 0 heterocycles. The van der Waals surface area contributed by atoms with Crippen molar-refractivity contribution in [1.29, 1.82) is 0 Å². The summed E-state index contributed by atoms with van der Waals surface area (Å²) in [5.41, 5.74) is 0. The van der Waals surface area contributed by atoms with E-state index in [-0.39, 0.29) is 0 Å². The quantitative estimate of drug-likeness (QED) is 0.341. The first-order valence-corrected chi connectivity index (χ1v) is 2.66. The zero-order chi connectivity index (χ0) is 6.83. The van der Waals surface area contributed by atoms with Crippen LogP contribution in [0.15, 0.2) is 12.7 Å². The topological polar surface area (TPSA) is 29.5 Å². The second-order valence-electron chi connectivity index (χ2n) is 1.24. The molecular weight excluding hydrogens is 104 g/mol. The highest BCUT2D eigenvalue weighted by Crippen LogP contribution is 1.70. The zero-order valence-corrected chi connectivity index (χ0v) is 5.55. The highest BCUT2D eigenvalue weighted by Gasteiger charge is 1.68. The molecule has 0 rings (SSSR count). The summed E-state index contributed by atoms with van der Waals surface area (Å²) in [4.78, 5) is 3.69. The van der Waals surface area contributed by atoms with Crippen LogP contribution in [0.25, 0.3) is 0 Å². The minimum absolute atomic E-state index is 0.444. The second kappa shape index (κ2) is 15.9. The Labute approximate surface area is 50.7 Å². The van der Waals surface area contributed by atoms with Gasteiger partial charge in [-0.1, -0.05) is 13.0 Å². The highest BCUT2D eigenvalue weighted by atomic mass is 17.1. The molecule has 0 atom stereocenters. The summed E-state index contributed by atoms with van der Waals surface area (Å²) in [6.07, 6.45) is 2.62. The number of hydrogen-bond acceptors (Lipinski definition) is 2. The predicted molar refractivity (Wildman–Crippen MR) is 34.7 cm³/mol. The van der Waals surface area contributed by atoms with Crippen molar-refractivity contribution in [2.75, 3.05) is 6.61 Å². The van der Waals surface area contributed by atoms with Gasteiger partial charge >= 0.3 is 0 Å². The van der Waals surface area contributed by atoms with Crippen LogP contribution in [0.4, 0.5) is 0 Å². The smallest absolute Gasteiger partial charge is 0.0817 e. The van der Waals surface area contributed by atoms with Crippen molar-refractivity contribution in [2.45, 2.75) is 20.3 Å². The fourth-order valence-electron chi connectivity index (χ4n) is 0.0913. The van der Waals surface area contributed by atoms with E-state index < -0.39 is 0 Å². The lowest BCUT2D eigenvalue weighted by Crippen LogP contribution is -1.81. The van der Waals surface area contributed by atoms with Crippen molar-refractivity contribution in [3.8, 4) is 0 Å². The molecule has 2 nitrogen and oxygen atoms in total. The van der Waals surface area contributed by atoms with Gasteiger partial charge in [-0.15, -0.1) is 6.58 Å². The molecule has 0 aromatic rings. The summed E-state index contributed by atoms with van der Waals surface area (Å²) in [6.45, 7) is 7.62. The SMILES string of the molecule is C=CC.CCCOO. The van der Waals surface area contributed by atoms with E-state index in [9.17, 15) is 0 Å².